The Morgan fingerprint density at radius 3 is 2.77 bits per heavy atom. The fourth-order valence-electron chi connectivity index (χ4n) is 1.93. The van der Waals surface area contributed by atoms with Crippen LogP contribution < -0.4 is 10.4 Å². The molecule has 2 heterocycles. The van der Waals surface area contributed by atoms with E-state index in [9.17, 15) is 0 Å². The van der Waals surface area contributed by atoms with Crippen molar-refractivity contribution < 1.29 is 0 Å². The van der Waals surface area contributed by atoms with Crippen LogP contribution in [0.1, 0.15) is 0 Å². The van der Waals surface area contributed by atoms with Crippen LogP contribution in [-0.2, 0) is 0 Å². The molecule has 2 aromatic rings. The summed E-state index contributed by atoms with van der Waals surface area (Å²) in [7, 11) is -0.223. The number of pyridine rings is 1. The summed E-state index contributed by atoms with van der Waals surface area (Å²) < 4.78 is 0. The Labute approximate surface area is 79.3 Å². The number of hydrogen-bond acceptors (Lipinski definition) is 1. The number of hydrogen-bond donors (Lipinski definition) is 0. The Morgan fingerprint density at radius 1 is 0.923 bits per heavy atom. The molecule has 0 saturated carbocycles. The minimum absolute atomic E-state index is 0.223. The number of nitrogens with zero attached hydrogens (tertiary/aromatic N) is 1. The Hall–Kier alpha value is -1.41. The summed E-state index contributed by atoms with van der Waals surface area (Å²) in [6.07, 6.45) is 1.88. The van der Waals surface area contributed by atoms with Crippen LogP contribution in [0.5, 0.6) is 0 Å². The Morgan fingerprint density at radius 2 is 1.77 bits per heavy atom. The second-order valence-electron chi connectivity index (χ2n) is 3.35. The van der Waals surface area contributed by atoms with Crippen molar-refractivity contribution >= 4 is 19.9 Å². The molecule has 0 aliphatic carbocycles. The van der Waals surface area contributed by atoms with Crippen LogP contribution in [-0.4, -0.2) is 14.5 Å². The highest BCUT2D eigenvalue weighted by molar-refractivity contribution is 6.73. The van der Waals surface area contributed by atoms with Crippen LogP contribution in [0.4, 0.5) is 0 Å². The van der Waals surface area contributed by atoms with Crippen LogP contribution in [0.2, 0.25) is 0 Å². The normalized spacial score (nSPS) is 14.2. The molecule has 0 bridgehead atoms. The zero-order valence-electron chi connectivity index (χ0n) is 7.20. The average Bonchev–Trinajstić information content (AvgIpc) is 2.56. The van der Waals surface area contributed by atoms with Gasteiger partial charge in [-0.25, -0.2) is 0 Å². The molecule has 1 aliphatic rings. The molecule has 0 spiro atoms. The molecule has 1 aromatic heterocycles. The van der Waals surface area contributed by atoms with Gasteiger partial charge in [0.25, 0.3) is 0 Å². The topological polar surface area (TPSA) is 12.9 Å². The van der Waals surface area contributed by atoms with E-state index in [2.05, 4.69) is 35.3 Å². The molecule has 13 heavy (non-hydrogen) atoms. The number of fused-ring (bicyclic) bond motifs is 3. The quantitative estimate of drug-likeness (QED) is 0.453. The highest BCUT2D eigenvalue weighted by Crippen LogP contribution is 2.15. The number of rotatable bonds is 0. The van der Waals surface area contributed by atoms with E-state index >= 15 is 0 Å². The van der Waals surface area contributed by atoms with Crippen LogP contribution in [0.25, 0.3) is 11.3 Å². The molecule has 62 valence electrons. The molecule has 1 nitrogen and oxygen atoms in total. The van der Waals surface area contributed by atoms with Gasteiger partial charge in [-0.3, -0.25) is 4.98 Å². The minimum Gasteiger partial charge on any atom is -0.256 e. The molecule has 1 aromatic carbocycles. The molecule has 0 amide bonds. The lowest BCUT2D eigenvalue weighted by Crippen LogP contribution is -2.20. The maximum Gasteiger partial charge on any atom is 0.0912 e. The Kier molecular flexibility index (Phi) is 1.37. The van der Waals surface area contributed by atoms with Crippen molar-refractivity contribution in [2.45, 2.75) is 0 Å². The lowest BCUT2D eigenvalue weighted by atomic mass is 10.1. The molecule has 0 N–H and O–H groups in total. The second kappa shape index (κ2) is 2.54. The maximum atomic E-state index is 4.44. The largest absolute Gasteiger partial charge is 0.256 e. The van der Waals surface area contributed by atoms with E-state index in [1.54, 1.807) is 0 Å². The Balaban J connectivity index is 2.32. The van der Waals surface area contributed by atoms with Crippen molar-refractivity contribution in [1.29, 1.82) is 0 Å². The van der Waals surface area contributed by atoms with Gasteiger partial charge in [0.05, 0.1) is 15.2 Å². The van der Waals surface area contributed by atoms with Crippen LogP contribution in [0.3, 0.4) is 0 Å². The van der Waals surface area contributed by atoms with Crippen LogP contribution in [0, 0.1) is 0 Å². The van der Waals surface area contributed by atoms with E-state index in [1.165, 1.54) is 21.6 Å². The van der Waals surface area contributed by atoms with Gasteiger partial charge in [-0.1, -0.05) is 35.5 Å². The van der Waals surface area contributed by atoms with Gasteiger partial charge in [-0.15, -0.1) is 0 Å². The average molecular weight is 183 g/mol. The third-order valence-electron chi connectivity index (χ3n) is 2.54. The lowest BCUT2D eigenvalue weighted by molar-refractivity contribution is 1.36. The van der Waals surface area contributed by atoms with E-state index in [-0.39, 0.29) is 9.52 Å². The van der Waals surface area contributed by atoms with Crippen molar-refractivity contribution in [3.05, 3.63) is 42.6 Å². The van der Waals surface area contributed by atoms with E-state index in [4.69, 9.17) is 0 Å². The monoisotopic (exact) mass is 183 g/mol. The van der Waals surface area contributed by atoms with Gasteiger partial charge in [0.15, 0.2) is 0 Å². The fraction of sp³-hybridized carbons (Fsp3) is 0. The van der Waals surface area contributed by atoms with E-state index in [1.807, 2.05) is 12.3 Å². The van der Waals surface area contributed by atoms with Crippen molar-refractivity contribution in [2.75, 3.05) is 0 Å². The second-order valence-corrected chi connectivity index (χ2v) is 5.22. The van der Waals surface area contributed by atoms with Gasteiger partial charge in [-0.2, -0.15) is 0 Å². The van der Waals surface area contributed by atoms with Crippen molar-refractivity contribution in [2.24, 2.45) is 0 Å². The first-order chi connectivity index (χ1) is 6.45. The van der Waals surface area contributed by atoms with Crippen LogP contribution >= 0.6 is 0 Å². The SMILES string of the molecule is c1ccc2c(c1)[SiH2]c1cccnc1-2. The highest BCUT2D eigenvalue weighted by atomic mass is 28.2. The molecule has 3 rings (SSSR count). The summed E-state index contributed by atoms with van der Waals surface area (Å²) in [6.45, 7) is 0. The zero-order valence-corrected chi connectivity index (χ0v) is 8.61. The zero-order chi connectivity index (χ0) is 8.67. The van der Waals surface area contributed by atoms with Gasteiger partial charge in [0.2, 0.25) is 0 Å². The molecule has 0 saturated heterocycles. The molecule has 0 fully saturated rings. The first-order valence-electron chi connectivity index (χ1n) is 4.47. The van der Waals surface area contributed by atoms with Gasteiger partial charge >= 0.3 is 0 Å². The predicted octanol–water partition coefficient (Wildman–Crippen LogP) is 0.182. The van der Waals surface area contributed by atoms with E-state index in [0.29, 0.717) is 0 Å². The third-order valence-corrected chi connectivity index (χ3v) is 4.49. The van der Waals surface area contributed by atoms with Crippen molar-refractivity contribution in [3.8, 4) is 11.3 Å². The summed E-state index contributed by atoms with van der Waals surface area (Å²) in [4.78, 5) is 4.44. The smallest absolute Gasteiger partial charge is 0.0912 e. The summed E-state index contributed by atoms with van der Waals surface area (Å²) in [5.74, 6) is 0. The predicted molar refractivity (Wildman–Crippen MR) is 57.5 cm³/mol. The number of benzene rings is 1. The first-order valence-corrected chi connectivity index (χ1v) is 5.89. The summed E-state index contributed by atoms with van der Waals surface area (Å²) in [5.41, 5.74) is 2.59. The van der Waals surface area contributed by atoms with Gasteiger partial charge < -0.3 is 0 Å². The lowest BCUT2D eigenvalue weighted by Gasteiger charge is -1.97. The molecule has 1 aliphatic heterocycles. The molecule has 2 heteroatoms. The van der Waals surface area contributed by atoms with Crippen LogP contribution in [0.15, 0.2) is 42.6 Å². The molecule has 0 radical (unpaired) electrons. The third kappa shape index (κ3) is 0.955. The molecule has 0 unspecified atom stereocenters. The molecular weight excluding hydrogens is 174 g/mol. The standard InChI is InChI=1S/C11H9NSi/c1-2-5-9-8(4-1)11-10(13-9)6-3-7-12-11/h1-7H,13H2. The van der Waals surface area contributed by atoms with Gasteiger partial charge in [-0.05, 0) is 16.8 Å². The van der Waals surface area contributed by atoms with E-state index < -0.39 is 0 Å². The van der Waals surface area contributed by atoms with Gasteiger partial charge in [0.1, 0.15) is 0 Å². The summed E-state index contributed by atoms with van der Waals surface area (Å²) in [6, 6.07) is 12.9. The van der Waals surface area contributed by atoms with Crippen molar-refractivity contribution in [1.82, 2.24) is 4.98 Å². The minimum atomic E-state index is -0.223. The fourth-order valence-corrected chi connectivity index (χ4v) is 3.78. The van der Waals surface area contributed by atoms with Crippen molar-refractivity contribution in [3.63, 3.8) is 0 Å². The number of aromatic nitrogens is 1. The maximum absolute atomic E-state index is 4.44. The molecular formula is C11H9NSi. The summed E-state index contributed by atoms with van der Waals surface area (Å²) in [5, 5.41) is 3.03. The summed E-state index contributed by atoms with van der Waals surface area (Å²) >= 11 is 0. The Bertz CT molecular complexity index is 422. The molecule has 0 atom stereocenters. The first kappa shape index (κ1) is 7.03. The highest BCUT2D eigenvalue weighted by Gasteiger charge is 2.17. The van der Waals surface area contributed by atoms with E-state index in [0.717, 1.165) is 0 Å². The van der Waals surface area contributed by atoms with Gasteiger partial charge in [0, 0.05) is 6.20 Å².